The van der Waals surface area contributed by atoms with Gasteiger partial charge in [-0.25, -0.2) is 0 Å². The minimum absolute atomic E-state index is 0.332. The molecule has 0 aromatic rings. The van der Waals surface area contributed by atoms with Crippen molar-refractivity contribution in [2.24, 2.45) is 17.8 Å². The quantitative estimate of drug-likeness (QED) is 0.643. The van der Waals surface area contributed by atoms with Crippen LogP contribution in [0.4, 0.5) is 0 Å². The molecule has 0 unspecified atom stereocenters. The highest BCUT2D eigenvalue weighted by Crippen LogP contribution is 2.57. The van der Waals surface area contributed by atoms with Crippen LogP contribution in [-0.4, -0.2) is 22.9 Å². The van der Waals surface area contributed by atoms with Gasteiger partial charge in [0, 0.05) is 18.5 Å². The van der Waals surface area contributed by atoms with E-state index in [0.29, 0.717) is 17.4 Å². The van der Waals surface area contributed by atoms with E-state index in [2.05, 4.69) is 4.90 Å². The van der Waals surface area contributed by atoms with E-state index < -0.39 is 0 Å². The second-order valence-corrected chi connectivity index (χ2v) is 7.12. The van der Waals surface area contributed by atoms with E-state index in [1.54, 1.807) is 0 Å². The second kappa shape index (κ2) is 3.98. The van der Waals surface area contributed by atoms with Gasteiger partial charge in [0.15, 0.2) is 0 Å². The molecule has 0 aromatic carbocycles. The zero-order valence-corrected chi connectivity index (χ0v) is 11.4. The lowest BCUT2D eigenvalue weighted by Gasteiger charge is -2.57. The van der Waals surface area contributed by atoms with Crippen molar-refractivity contribution in [1.82, 2.24) is 4.90 Å². The van der Waals surface area contributed by atoms with Crippen LogP contribution in [0.5, 0.6) is 0 Å². The first kappa shape index (κ1) is 11.3. The minimum Gasteiger partial charge on any atom is -0.336 e. The zero-order chi connectivity index (χ0) is 12.2. The molecule has 1 spiro atoms. The molecule has 2 saturated carbocycles. The predicted molar refractivity (Wildman–Crippen MR) is 71.1 cm³/mol. The van der Waals surface area contributed by atoms with Gasteiger partial charge in [-0.05, 0) is 43.4 Å². The number of fused-ring (bicyclic) bond motifs is 1. The molecule has 2 heterocycles. The Morgan fingerprint density at radius 3 is 2.78 bits per heavy atom. The molecule has 4 atom stereocenters. The van der Waals surface area contributed by atoms with E-state index in [1.807, 2.05) is 0 Å². The number of nitrogens with zero attached hydrogens (tertiary/aromatic N) is 1. The van der Waals surface area contributed by atoms with Crippen LogP contribution in [0.25, 0.3) is 0 Å². The average Bonchev–Trinajstić information content (AvgIpc) is 2.71. The van der Waals surface area contributed by atoms with Gasteiger partial charge in [0.1, 0.15) is 0 Å². The Labute approximate surface area is 110 Å². The maximum Gasteiger partial charge on any atom is 0.223 e. The largest absolute Gasteiger partial charge is 0.336 e. The van der Waals surface area contributed by atoms with Crippen LogP contribution in [0, 0.1) is 17.8 Å². The Kier molecular flexibility index (Phi) is 2.50. The van der Waals surface area contributed by atoms with E-state index in [4.69, 9.17) is 0 Å². The highest BCUT2D eigenvalue weighted by atomic mass is 16.2. The molecule has 2 saturated heterocycles. The predicted octanol–water partition coefficient (Wildman–Crippen LogP) is 3.36. The molecule has 0 radical (unpaired) electrons. The Balaban J connectivity index is 1.75. The molecule has 4 rings (SSSR count). The van der Waals surface area contributed by atoms with Gasteiger partial charge in [-0.1, -0.05) is 32.1 Å². The summed E-state index contributed by atoms with van der Waals surface area (Å²) >= 11 is 0. The molecule has 18 heavy (non-hydrogen) atoms. The van der Waals surface area contributed by atoms with Crippen molar-refractivity contribution in [2.75, 3.05) is 6.54 Å². The van der Waals surface area contributed by atoms with Crippen LogP contribution in [0.1, 0.15) is 64.2 Å². The third kappa shape index (κ3) is 1.32. The summed E-state index contributed by atoms with van der Waals surface area (Å²) in [6, 6.07) is 0. The van der Waals surface area contributed by atoms with Crippen molar-refractivity contribution in [3.05, 3.63) is 0 Å². The van der Waals surface area contributed by atoms with E-state index in [-0.39, 0.29) is 0 Å². The number of piperidine rings is 1. The minimum atomic E-state index is 0.332. The Morgan fingerprint density at radius 2 is 1.83 bits per heavy atom. The number of hydrogen-bond acceptors (Lipinski definition) is 1. The number of rotatable bonds is 0. The maximum absolute atomic E-state index is 12.4. The summed E-state index contributed by atoms with van der Waals surface area (Å²) in [7, 11) is 0. The van der Waals surface area contributed by atoms with E-state index in [9.17, 15) is 4.79 Å². The first-order valence-electron chi connectivity index (χ1n) is 8.13. The first-order chi connectivity index (χ1) is 8.82. The molecule has 4 fully saturated rings. The maximum atomic E-state index is 12.4. The van der Waals surface area contributed by atoms with Crippen LogP contribution >= 0.6 is 0 Å². The lowest BCUT2D eigenvalue weighted by Crippen LogP contribution is -2.61. The molecule has 1 amide bonds. The molecule has 100 valence electrons. The van der Waals surface area contributed by atoms with Gasteiger partial charge in [0.25, 0.3) is 0 Å². The number of carbonyl (C=O) groups excluding carboxylic acids is 1. The van der Waals surface area contributed by atoms with Gasteiger partial charge in [-0.15, -0.1) is 0 Å². The fourth-order valence-corrected chi connectivity index (χ4v) is 5.97. The van der Waals surface area contributed by atoms with Crippen molar-refractivity contribution in [3.63, 3.8) is 0 Å². The van der Waals surface area contributed by atoms with Gasteiger partial charge in [-0.3, -0.25) is 4.79 Å². The summed E-state index contributed by atoms with van der Waals surface area (Å²) in [6.45, 7) is 1.08. The highest BCUT2D eigenvalue weighted by molar-refractivity contribution is 5.80. The SMILES string of the molecule is O=C1C[C@@H]2CCCC[C@@]23[C@@H]2CCCC[C@@H]2CCN13. The molecule has 2 aliphatic carbocycles. The highest BCUT2D eigenvalue weighted by Gasteiger charge is 2.60. The van der Waals surface area contributed by atoms with E-state index in [0.717, 1.165) is 24.8 Å². The summed E-state index contributed by atoms with van der Waals surface area (Å²) in [5, 5.41) is 0. The third-order valence-corrected chi connectivity index (χ3v) is 6.59. The fourth-order valence-electron chi connectivity index (χ4n) is 5.97. The van der Waals surface area contributed by atoms with Crippen LogP contribution in [0.3, 0.4) is 0 Å². The summed E-state index contributed by atoms with van der Waals surface area (Å²) in [6.07, 6.45) is 13.3. The molecule has 2 aliphatic heterocycles. The van der Waals surface area contributed by atoms with Crippen molar-refractivity contribution in [1.29, 1.82) is 0 Å². The smallest absolute Gasteiger partial charge is 0.223 e. The monoisotopic (exact) mass is 247 g/mol. The van der Waals surface area contributed by atoms with Gasteiger partial charge < -0.3 is 4.90 Å². The van der Waals surface area contributed by atoms with Crippen LogP contribution in [-0.2, 0) is 4.79 Å². The van der Waals surface area contributed by atoms with Crippen molar-refractivity contribution in [3.8, 4) is 0 Å². The first-order valence-corrected chi connectivity index (χ1v) is 8.13. The molecule has 0 bridgehead atoms. The van der Waals surface area contributed by atoms with Gasteiger partial charge in [0.05, 0.1) is 0 Å². The van der Waals surface area contributed by atoms with Crippen molar-refractivity contribution < 1.29 is 4.79 Å². The average molecular weight is 247 g/mol. The standard InChI is InChI=1S/C16H25NO/c18-15-11-13-6-3-4-9-16(13)14-7-2-1-5-12(14)8-10-17(15)16/h12-14H,1-11H2/t12-,13+,14-,16+/m1/s1. The molecule has 0 aromatic heterocycles. The van der Waals surface area contributed by atoms with E-state index >= 15 is 0 Å². The summed E-state index contributed by atoms with van der Waals surface area (Å²) < 4.78 is 0. The summed E-state index contributed by atoms with van der Waals surface area (Å²) in [5.74, 6) is 3.01. The summed E-state index contributed by atoms with van der Waals surface area (Å²) in [4.78, 5) is 14.7. The van der Waals surface area contributed by atoms with Crippen LogP contribution in [0.15, 0.2) is 0 Å². The van der Waals surface area contributed by atoms with Gasteiger partial charge in [-0.2, -0.15) is 0 Å². The Morgan fingerprint density at radius 1 is 1.00 bits per heavy atom. The topological polar surface area (TPSA) is 20.3 Å². The Hall–Kier alpha value is -0.530. The van der Waals surface area contributed by atoms with Gasteiger partial charge in [0.2, 0.25) is 5.91 Å². The Bertz CT molecular complexity index is 366. The van der Waals surface area contributed by atoms with Crippen molar-refractivity contribution >= 4 is 5.91 Å². The van der Waals surface area contributed by atoms with Gasteiger partial charge >= 0.3 is 0 Å². The number of amides is 1. The lowest BCUT2D eigenvalue weighted by molar-refractivity contribution is -0.141. The number of hydrogen-bond donors (Lipinski definition) is 0. The molecular formula is C16H25NO. The molecule has 4 aliphatic rings. The van der Waals surface area contributed by atoms with Crippen LogP contribution < -0.4 is 0 Å². The third-order valence-electron chi connectivity index (χ3n) is 6.59. The molecular weight excluding hydrogens is 222 g/mol. The number of carbonyl (C=O) groups is 1. The van der Waals surface area contributed by atoms with Crippen LogP contribution in [0.2, 0.25) is 0 Å². The fraction of sp³-hybridized carbons (Fsp3) is 0.938. The second-order valence-electron chi connectivity index (χ2n) is 7.12. The summed E-state index contributed by atoms with van der Waals surface area (Å²) in [5.41, 5.74) is 0.332. The van der Waals surface area contributed by atoms with Crippen molar-refractivity contribution in [2.45, 2.75) is 69.7 Å². The molecule has 2 nitrogen and oxygen atoms in total. The molecule has 0 N–H and O–H groups in total. The lowest BCUT2D eigenvalue weighted by atomic mass is 9.57. The molecule has 2 heteroatoms. The zero-order valence-electron chi connectivity index (χ0n) is 11.4. The van der Waals surface area contributed by atoms with E-state index in [1.165, 1.54) is 57.8 Å². The normalized spacial score (nSPS) is 47.4.